The summed E-state index contributed by atoms with van der Waals surface area (Å²) in [5.74, 6) is -1.78. The van der Waals surface area contributed by atoms with E-state index in [2.05, 4.69) is 5.32 Å². The Kier molecular flexibility index (Phi) is 5.99. The number of benzene rings is 1. The lowest BCUT2D eigenvalue weighted by molar-refractivity contribution is 0.100. The molecule has 0 aliphatic rings. The maximum absolute atomic E-state index is 13.9. The SMILES string of the molecule is CCNC(CC(C)OC)c1c(Cl)ccc(F)c1F. The molecule has 0 saturated heterocycles. The largest absolute Gasteiger partial charge is 0.382 e. The molecule has 2 atom stereocenters. The molecule has 1 aromatic carbocycles. The van der Waals surface area contributed by atoms with E-state index in [9.17, 15) is 8.78 Å². The van der Waals surface area contributed by atoms with Crippen molar-refractivity contribution in [1.29, 1.82) is 0 Å². The Hall–Kier alpha value is -0.710. The zero-order chi connectivity index (χ0) is 13.7. The average Bonchev–Trinajstić information content (AvgIpc) is 2.34. The molecular formula is C13H18ClF2NO. The second-order valence-corrected chi connectivity index (χ2v) is 4.56. The smallest absolute Gasteiger partial charge is 0.165 e. The lowest BCUT2D eigenvalue weighted by atomic mass is 10.00. The highest BCUT2D eigenvalue weighted by atomic mass is 35.5. The first-order chi connectivity index (χ1) is 8.51. The molecule has 1 N–H and O–H groups in total. The predicted octanol–water partition coefficient (Wildman–Crippen LogP) is 3.69. The second-order valence-electron chi connectivity index (χ2n) is 4.15. The molecule has 0 spiro atoms. The molecule has 0 fully saturated rings. The fraction of sp³-hybridized carbons (Fsp3) is 0.538. The molecule has 0 bridgehead atoms. The zero-order valence-corrected chi connectivity index (χ0v) is 11.5. The normalized spacial score (nSPS) is 14.6. The molecule has 0 aliphatic heterocycles. The number of hydrogen-bond donors (Lipinski definition) is 1. The number of nitrogens with one attached hydrogen (secondary N) is 1. The standard InChI is InChI=1S/C13H18ClF2NO/c1-4-17-11(7-8(2)18-3)12-9(14)5-6-10(15)13(12)16/h5-6,8,11,17H,4,7H2,1-3H3. The summed E-state index contributed by atoms with van der Waals surface area (Å²) in [6.07, 6.45) is 0.442. The molecule has 0 aliphatic carbocycles. The Labute approximate surface area is 111 Å². The topological polar surface area (TPSA) is 21.3 Å². The Morgan fingerprint density at radius 1 is 1.39 bits per heavy atom. The van der Waals surface area contributed by atoms with Crippen molar-refractivity contribution in [2.45, 2.75) is 32.4 Å². The van der Waals surface area contributed by atoms with Crippen molar-refractivity contribution in [1.82, 2.24) is 5.32 Å². The number of ether oxygens (including phenoxy) is 1. The number of rotatable bonds is 6. The van der Waals surface area contributed by atoms with Crippen LogP contribution < -0.4 is 5.32 Å². The van der Waals surface area contributed by atoms with Crippen LogP contribution in [-0.2, 0) is 4.74 Å². The highest BCUT2D eigenvalue weighted by Gasteiger charge is 2.22. The molecule has 0 saturated carbocycles. The molecule has 2 unspecified atom stereocenters. The van der Waals surface area contributed by atoms with Gasteiger partial charge < -0.3 is 10.1 Å². The lowest BCUT2D eigenvalue weighted by Gasteiger charge is -2.23. The van der Waals surface area contributed by atoms with Crippen LogP contribution in [0.25, 0.3) is 0 Å². The summed E-state index contributed by atoms with van der Waals surface area (Å²) in [4.78, 5) is 0. The second kappa shape index (κ2) is 7.02. The van der Waals surface area contributed by atoms with E-state index in [1.54, 1.807) is 7.11 Å². The molecule has 1 aromatic rings. The third kappa shape index (κ3) is 3.64. The van der Waals surface area contributed by atoms with Crippen molar-refractivity contribution in [3.05, 3.63) is 34.4 Å². The quantitative estimate of drug-likeness (QED) is 0.801. The van der Waals surface area contributed by atoms with Gasteiger partial charge in [0.2, 0.25) is 0 Å². The maximum atomic E-state index is 13.9. The van der Waals surface area contributed by atoms with Crippen LogP contribution in [0.2, 0.25) is 5.02 Å². The van der Waals surface area contributed by atoms with Crippen LogP contribution >= 0.6 is 11.6 Å². The van der Waals surface area contributed by atoms with Crippen LogP contribution in [-0.4, -0.2) is 19.8 Å². The van der Waals surface area contributed by atoms with Gasteiger partial charge >= 0.3 is 0 Å². The van der Waals surface area contributed by atoms with E-state index in [1.807, 2.05) is 13.8 Å². The molecule has 102 valence electrons. The Bertz CT molecular complexity index is 401. The minimum absolute atomic E-state index is 0.0761. The van der Waals surface area contributed by atoms with E-state index in [0.29, 0.717) is 13.0 Å². The highest BCUT2D eigenvalue weighted by molar-refractivity contribution is 6.31. The molecule has 1 rings (SSSR count). The summed E-state index contributed by atoms with van der Waals surface area (Å²) in [6, 6.07) is 2.04. The fourth-order valence-corrected chi connectivity index (χ4v) is 2.12. The maximum Gasteiger partial charge on any atom is 0.165 e. The molecule has 0 radical (unpaired) electrons. The summed E-state index contributed by atoms with van der Waals surface area (Å²) in [7, 11) is 1.58. The van der Waals surface area contributed by atoms with Gasteiger partial charge in [0, 0.05) is 23.7 Å². The van der Waals surface area contributed by atoms with Crippen LogP contribution in [0, 0.1) is 11.6 Å². The molecule has 0 amide bonds. The van der Waals surface area contributed by atoms with Gasteiger partial charge in [0.05, 0.1) is 6.10 Å². The summed E-state index contributed by atoms with van der Waals surface area (Å²) in [5.41, 5.74) is 0.169. The van der Waals surface area contributed by atoms with Crippen molar-refractivity contribution in [2.75, 3.05) is 13.7 Å². The van der Waals surface area contributed by atoms with E-state index >= 15 is 0 Å². The van der Waals surface area contributed by atoms with E-state index in [1.165, 1.54) is 6.07 Å². The van der Waals surface area contributed by atoms with Crippen molar-refractivity contribution < 1.29 is 13.5 Å². The molecule has 5 heteroatoms. The first kappa shape index (κ1) is 15.3. The van der Waals surface area contributed by atoms with Gasteiger partial charge in [0.15, 0.2) is 11.6 Å². The van der Waals surface area contributed by atoms with Crippen molar-refractivity contribution in [3.63, 3.8) is 0 Å². The zero-order valence-electron chi connectivity index (χ0n) is 10.8. The minimum atomic E-state index is -0.892. The number of hydrogen-bond acceptors (Lipinski definition) is 2. The minimum Gasteiger partial charge on any atom is -0.382 e. The number of halogens is 3. The fourth-order valence-electron chi connectivity index (χ4n) is 1.84. The Balaban J connectivity index is 3.08. The van der Waals surface area contributed by atoms with Gasteiger partial charge in [0.25, 0.3) is 0 Å². The van der Waals surface area contributed by atoms with Gasteiger partial charge in [-0.15, -0.1) is 0 Å². The third-order valence-electron chi connectivity index (χ3n) is 2.85. The monoisotopic (exact) mass is 277 g/mol. The van der Waals surface area contributed by atoms with Crippen molar-refractivity contribution in [2.24, 2.45) is 0 Å². The molecule has 0 heterocycles. The first-order valence-electron chi connectivity index (χ1n) is 5.90. The molecule has 0 aromatic heterocycles. The average molecular weight is 278 g/mol. The predicted molar refractivity (Wildman–Crippen MR) is 68.9 cm³/mol. The Morgan fingerprint density at radius 3 is 2.61 bits per heavy atom. The third-order valence-corrected chi connectivity index (χ3v) is 3.18. The Morgan fingerprint density at radius 2 is 2.06 bits per heavy atom. The van der Waals surface area contributed by atoms with Gasteiger partial charge in [-0.25, -0.2) is 8.78 Å². The van der Waals surface area contributed by atoms with E-state index < -0.39 is 11.6 Å². The van der Waals surface area contributed by atoms with Crippen LogP contribution in [0.1, 0.15) is 31.9 Å². The molecule has 18 heavy (non-hydrogen) atoms. The first-order valence-corrected chi connectivity index (χ1v) is 6.28. The van der Waals surface area contributed by atoms with Gasteiger partial charge in [-0.05, 0) is 32.0 Å². The van der Waals surface area contributed by atoms with E-state index in [0.717, 1.165) is 6.07 Å². The molecule has 2 nitrogen and oxygen atoms in total. The van der Waals surface area contributed by atoms with Crippen molar-refractivity contribution >= 4 is 11.6 Å². The van der Waals surface area contributed by atoms with Gasteiger partial charge in [-0.3, -0.25) is 0 Å². The summed E-state index contributed by atoms with van der Waals surface area (Å²) in [6.45, 7) is 4.40. The van der Waals surface area contributed by atoms with Gasteiger partial charge in [0.1, 0.15) is 0 Å². The number of methoxy groups -OCH3 is 1. The van der Waals surface area contributed by atoms with Gasteiger partial charge in [-0.1, -0.05) is 18.5 Å². The lowest BCUT2D eigenvalue weighted by Crippen LogP contribution is -2.26. The van der Waals surface area contributed by atoms with E-state index in [4.69, 9.17) is 16.3 Å². The summed E-state index contributed by atoms with van der Waals surface area (Å²) < 4.78 is 32.3. The van der Waals surface area contributed by atoms with Crippen LogP contribution in [0.5, 0.6) is 0 Å². The van der Waals surface area contributed by atoms with Crippen LogP contribution in [0.4, 0.5) is 8.78 Å². The van der Waals surface area contributed by atoms with Gasteiger partial charge in [-0.2, -0.15) is 0 Å². The van der Waals surface area contributed by atoms with Crippen LogP contribution in [0.3, 0.4) is 0 Å². The van der Waals surface area contributed by atoms with Crippen molar-refractivity contribution in [3.8, 4) is 0 Å². The molecular weight excluding hydrogens is 260 g/mol. The van der Waals surface area contributed by atoms with Crippen LogP contribution in [0.15, 0.2) is 12.1 Å². The summed E-state index contributed by atoms with van der Waals surface area (Å²) in [5, 5.41) is 3.33. The van der Waals surface area contributed by atoms with E-state index in [-0.39, 0.29) is 22.7 Å². The summed E-state index contributed by atoms with van der Waals surface area (Å²) >= 11 is 5.97. The highest BCUT2D eigenvalue weighted by Crippen LogP contribution is 2.30.